The van der Waals surface area contributed by atoms with Crippen LogP contribution in [0.1, 0.15) is 30.7 Å². The Morgan fingerprint density at radius 3 is 2.22 bits per heavy atom. The van der Waals surface area contributed by atoms with Crippen molar-refractivity contribution in [2.75, 3.05) is 14.2 Å². The van der Waals surface area contributed by atoms with Gasteiger partial charge in [0.15, 0.2) is 0 Å². The second-order valence-electron chi connectivity index (χ2n) is 4.78. The van der Waals surface area contributed by atoms with E-state index in [0.29, 0.717) is 11.8 Å². The monoisotopic (exact) mass is 250 g/mol. The molecular weight excluding hydrogens is 232 g/mol. The van der Waals surface area contributed by atoms with Gasteiger partial charge in [0.25, 0.3) is 0 Å². The van der Waals surface area contributed by atoms with Crippen LogP contribution < -0.4 is 9.47 Å². The molecule has 0 heterocycles. The highest BCUT2D eigenvalue weighted by molar-refractivity contribution is 5.67. The highest BCUT2D eigenvalue weighted by atomic mass is 16.5. The maximum absolute atomic E-state index is 10.6. The maximum atomic E-state index is 10.6. The second kappa shape index (κ2) is 5.29. The Hall–Kier alpha value is -1.71. The van der Waals surface area contributed by atoms with Crippen LogP contribution in [-0.4, -0.2) is 25.3 Å². The second-order valence-corrected chi connectivity index (χ2v) is 4.78. The zero-order chi connectivity index (χ0) is 13.1. The molecule has 1 aliphatic carbocycles. The Labute approximate surface area is 107 Å². The van der Waals surface area contributed by atoms with E-state index in [1.54, 1.807) is 14.2 Å². The zero-order valence-corrected chi connectivity index (χ0v) is 10.7. The highest BCUT2D eigenvalue weighted by Crippen LogP contribution is 2.44. The molecule has 0 spiro atoms. The number of rotatable bonds is 5. The number of methoxy groups -OCH3 is 2. The van der Waals surface area contributed by atoms with Crippen LogP contribution in [0.15, 0.2) is 18.2 Å². The summed E-state index contributed by atoms with van der Waals surface area (Å²) in [6.45, 7) is 0. The zero-order valence-electron chi connectivity index (χ0n) is 10.7. The van der Waals surface area contributed by atoms with Crippen LogP contribution in [0.3, 0.4) is 0 Å². The van der Waals surface area contributed by atoms with Crippen LogP contribution in [0.4, 0.5) is 0 Å². The van der Waals surface area contributed by atoms with Crippen molar-refractivity contribution in [3.05, 3.63) is 23.8 Å². The minimum absolute atomic E-state index is 0.275. The van der Waals surface area contributed by atoms with E-state index in [1.165, 1.54) is 5.56 Å². The van der Waals surface area contributed by atoms with E-state index >= 15 is 0 Å². The van der Waals surface area contributed by atoms with Gasteiger partial charge in [0.1, 0.15) is 11.5 Å². The Morgan fingerprint density at radius 2 is 1.78 bits per heavy atom. The predicted molar refractivity (Wildman–Crippen MR) is 67.3 cm³/mol. The number of aliphatic carboxylic acids is 1. The van der Waals surface area contributed by atoms with Crippen LogP contribution in [-0.2, 0) is 4.79 Å². The van der Waals surface area contributed by atoms with E-state index in [1.807, 2.05) is 18.2 Å². The predicted octanol–water partition coefficient (Wildman–Crippen LogP) is 2.67. The van der Waals surface area contributed by atoms with Gasteiger partial charge >= 0.3 is 5.97 Å². The van der Waals surface area contributed by atoms with Gasteiger partial charge in [-0.15, -0.1) is 0 Å². The molecule has 4 heteroatoms. The summed E-state index contributed by atoms with van der Waals surface area (Å²) in [7, 11) is 3.26. The van der Waals surface area contributed by atoms with Crippen molar-refractivity contribution in [2.24, 2.45) is 5.92 Å². The highest BCUT2D eigenvalue weighted by Gasteiger charge is 2.32. The third-order valence-electron chi connectivity index (χ3n) is 3.54. The molecule has 2 rings (SSSR count). The molecule has 0 aromatic heterocycles. The third kappa shape index (κ3) is 2.75. The minimum atomic E-state index is -0.707. The standard InChI is InChI=1S/C14H18O4/c1-17-12-6-11(7-13(8-12)18-2)10-3-9(4-10)5-14(15)16/h6-10H,3-5H2,1-2H3,(H,15,16). The van der Waals surface area contributed by atoms with E-state index < -0.39 is 5.97 Å². The topological polar surface area (TPSA) is 55.8 Å². The molecule has 98 valence electrons. The number of benzene rings is 1. The molecule has 0 aliphatic heterocycles. The summed E-state index contributed by atoms with van der Waals surface area (Å²) in [4.78, 5) is 10.6. The Bertz CT molecular complexity index is 413. The lowest BCUT2D eigenvalue weighted by Gasteiger charge is -2.35. The first kappa shape index (κ1) is 12.7. The fourth-order valence-corrected chi connectivity index (χ4v) is 2.49. The third-order valence-corrected chi connectivity index (χ3v) is 3.54. The number of ether oxygens (including phenoxy) is 2. The molecule has 18 heavy (non-hydrogen) atoms. The lowest BCUT2D eigenvalue weighted by molar-refractivity contribution is -0.138. The average molecular weight is 250 g/mol. The number of hydrogen-bond donors (Lipinski definition) is 1. The van der Waals surface area contributed by atoms with E-state index in [9.17, 15) is 4.79 Å². The van der Waals surface area contributed by atoms with Crippen molar-refractivity contribution < 1.29 is 19.4 Å². The van der Waals surface area contributed by atoms with Gasteiger partial charge in [-0.3, -0.25) is 4.79 Å². The van der Waals surface area contributed by atoms with Gasteiger partial charge in [-0.2, -0.15) is 0 Å². The first-order valence-corrected chi connectivity index (χ1v) is 6.07. The first-order chi connectivity index (χ1) is 8.62. The molecule has 0 atom stereocenters. The molecule has 1 aliphatic rings. The largest absolute Gasteiger partial charge is 0.497 e. The summed E-state index contributed by atoms with van der Waals surface area (Å²) in [6.07, 6.45) is 2.14. The van der Waals surface area contributed by atoms with Crippen molar-refractivity contribution in [2.45, 2.75) is 25.2 Å². The molecule has 0 amide bonds. The van der Waals surface area contributed by atoms with E-state index in [2.05, 4.69) is 0 Å². The van der Waals surface area contributed by atoms with E-state index in [-0.39, 0.29) is 6.42 Å². The Balaban J connectivity index is 2.04. The summed E-state index contributed by atoms with van der Waals surface area (Å²) in [5.74, 6) is 1.60. The molecule has 0 radical (unpaired) electrons. The van der Waals surface area contributed by atoms with Gasteiger partial charge < -0.3 is 14.6 Å². The fraction of sp³-hybridized carbons (Fsp3) is 0.500. The smallest absolute Gasteiger partial charge is 0.303 e. The molecule has 1 N–H and O–H groups in total. The van der Waals surface area contributed by atoms with Crippen molar-refractivity contribution in [3.8, 4) is 11.5 Å². The number of carbonyl (C=O) groups is 1. The molecule has 0 saturated heterocycles. The average Bonchev–Trinajstić information content (AvgIpc) is 2.32. The first-order valence-electron chi connectivity index (χ1n) is 6.07. The van der Waals surface area contributed by atoms with Crippen molar-refractivity contribution in [1.29, 1.82) is 0 Å². The minimum Gasteiger partial charge on any atom is -0.497 e. The SMILES string of the molecule is COc1cc(OC)cc(C2CC(CC(=O)O)C2)c1. The molecule has 1 aromatic carbocycles. The number of carboxylic acid groups (broad SMARTS) is 1. The molecule has 0 bridgehead atoms. The molecule has 1 saturated carbocycles. The van der Waals surface area contributed by atoms with Gasteiger partial charge in [-0.05, 0) is 42.4 Å². The summed E-state index contributed by atoms with van der Waals surface area (Å²) < 4.78 is 10.5. The van der Waals surface area contributed by atoms with Crippen molar-refractivity contribution in [3.63, 3.8) is 0 Å². The van der Waals surface area contributed by atoms with Crippen LogP contribution >= 0.6 is 0 Å². The van der Waals surface area contributed by atoms with Gasteiger partial charge in [-0.25, -0.2) is 0 Å². The number of hydrogen-bond acceptors (Lipinski definition) is 3. The van der Waals surface area contributed by atoms with Crippen molar-refractivity contribution >= 4 is 5.97 Å². The van der Waals surface area contributed by atoms with Crippen LogP contribution in [0, 0.1) is 5.92 Å². The fourth-order valence-electron chi connectivity index (χ4n) is 2.49. The summed E-state index contributed by atoms with van der Waals surface area (Å²) in [6, 6.07) is 5.85. The summed E-state index contributed by atoms with van der Waals surface area (Å²) >= 11 is 0. The molecular formula is C14H18O4. The van der Waals surface area contributed by atoms with Gasteiger partial charge in [0, 0.05) is 12.5 Å². The van der Waals surface area contributed by atoms with E-state index in [0.717, 1.165) is 24.3 Å². The van der Waals surface area contributed by atoms with Gasteiger partial charge in [-0.1, -0.05) is 0 Å². The molecule has 4 nitrogen and oxygen atoms in total. The van der Waals surface area contributed by atoms with Gasteiger partial charge in [0.05, 0.1) is 14.2 Å². The van der Waals surface area contributed by atoms with Crippen LogP contribution in [0.2, 0.25) is 0 Å². The number of carboxylic acids is 1. The Kier molecular flexibility index (Phi) is 3.75. The quantitative estimate of drug-likeness (QED) is 0.872. The van der Waals surface area contributed by atoms with Gasteiger partial charge in [0.2, 0.25) is 0 Å². The lowest BCUT2D eigenvalue weighted by atomic mass is 9.70. The summed E-state index contributed by atoms with van der Waals surface area (Å²) in [5, 5.41) is 8.73. The lowest BCUT2D eigenvalue weighted by Crippen LogP contribution is -2.24. The van der Waals surface area contributed by atoms with Crippen LogP contribution in [0.25, 0.3) is 0 Å². The normalized spacial score (nSPS) is 22.1. The molecule has 1 aromatic rings. The molecule has 1 fully saturated rings. The van der Waals surface area contributed by atoms with E-state index in [4.69, 9.17) is 14.6 Å². The van der Waals surface area contributed by atoms with Crippen LogP contribution in [0.5, 0.6) is 11.5 Å². The maximum Gasteiger partial charge on any atom is 0.303 e. The van der Waals surface area contributed by atoms with Crippen molar-refractivity contribution in [1.82, 2.24) is 0 Å². The summed E-state index contributed by atoms with van der Waals surface area (Å²) in [5.41, 5.74) is 1.17. The Morgan fingerprint density at radius 1 is 1.22 bits per heavy atom. The molecule has 0 unspecified atom stereocenters.